The maximum absolute atomic E-state index is 13.0. The van der Waals surface area contributed by atoms with Crippen LogP contribution in [0.15, 0.2) is 46.2 Å². The molecule has 0 unspecified atom stereocenters. The molecule has 1 aliphatic carbocycles. The standard InChI is InChI=1S/C20H24N2O5S2/c1-15-5-7-18(14-20(15)29(25,26)22-9-11-27-12-10-22)21-28(23,24)19-8-6-16-3-2-4-17(16)13-19/h5-8,13-14,21H,2-4,9-12H2,1H3. The van der Waals surface area contributed by atoms with Gasteiger partial charge in [-0.15, -0.1) is 0 Å². The van der Waals surface area contributed by atoms with E-state index in [9.17, 15) is 16.8 Å². The summed E-state index contributed by atoms with van der Waals surface area (Å²) < 4.78 is 60.9. The summed E-state index contributed by atoms with van der Waals surface area (Å²) in [6, 6.07) is 9.77. The summed E-state index contributed by atoms with van der Waals surface area (Å²) in [5.41, 5.74) is 3.05. The van der Waals surface area contributed by atoms with E-state index in [-0.39, 0.29) is 28.6 Å². The van der Waals surface area contributed by atoms with Crippen LogP contribution in [0.3, 0.4) is 0 Å². The zero-order valence-corrected chi connectivity index (χ0v) is 17.9. The van der Waals surface area contributed by atoms with Crippen LogP contribution in [0.5, 0.6) is 0 Å². The summed E-state index contributed by atoms with van der Waals surface area (Å²) in [6.07, 6.45) is 2.89. The molecule has 1 aliphatic heterocycles. The maximum Gasteiger partial charge on any atom is 0.261 e. The van der Waals surface area contributed by atoms with E-state index in [4.69, 9.17) is 4.74 Å². The molecule has 0 bridgehead atoms. The molecule has 0 radical (unpaired) electrons. The van der Waals surface area contributed by atoms with E-state index in [0.29, 0.717) is 18.8 Å². The number of ether oxygens (including phenoxy) is 1. The van der Waals surface area contributed by atoms with E-state index in [1.54, 1.807) is 31.2 Å². The van der Waals surface area contributed by atoms with Crippen molar-refractivity contribution in [3.05, 3.63) is 53.1 Å². The van der Waals surface area contributed by atoms with Gasteiger partial charge >= 0.3 is 0 Å². The minimum atomic E-state index is -3.81. The molecule has 0 spiro atoms. The molecule has 1 heterocycles. The SMILES string of the molecule is Cc1ccc(NS(=O)(=O)c2ccc3c(c2)CCC3)cc1S(=O)(=O)N1CCOCC1. The van der Waals surface area contributed by atoms with E-state index in [0.717, 1.165) is 24.8 Å². The second-order valence-electron chi connectivity index (χ2n) is 7.39. The Hall–Kier alpha value is -1.94. The Morgan fingerprint density at radius 2 is 1.66 bits per heavy atom. The van der Waals surface area contributed by atoms with E-state index in [1.807, 2.05) is 6.07 Å². The predicted octanol–water partition coefficient (Wildman–Crippen LogP) is 2.31. The Kier molecular flexibility index (Phi) is 5.41. The van der Waals surface area contributed by atoms with Crippen molar-refractivity contribution < 1.29 is 21.6 Å². The molecule has 0 amide bonds. The van der Waals surface area contributed by atoms with Gasteiger partial charge in [-0.25, -0.2) is 16.8 Å². The zero-order valence-electron chi connectivity index (χ0n) is 16.2. The molecule has 1 fully saturated rings. The highest BCUT2D eigenvalue weighted by Gasteiger charge is 2.28. The second-order valence-corrected chi connectivity index (χ2v) is 11.0. The van der Waals surface area contributed by atoms with Crippen LogP contribution in [0.1, 0.15) is 23.1 Å². The zero-order chi connectivity index (χ0) is 20.6. The predicted molar refractivity (Wildman–Crippen MR) is 110 cm³/mol. The van der Waals surface area contributed by atoms with Gasteiger partial charge in [-0.05, 0) is 67.1 Å². The lowest BCUT2D eigenvalue weighted by molar-refractivity contribution is 0.0730. The quantitative estimate of drug-likeness (QED) is 0.776. The van der Waals surface area contributed by atoms with Crippen molar-refractivity contribution in [2.24, 2.45) is 0 Å². The molecule has 7 nitrogen and oxygen atoms in total. The van der Waals surface area contributed by atoms with Crippen molar-refractivity contribution in [2.75, 3.05) is 31.0 Å². The first kappa shape index (κ1) is 20.3. The third-order valence-electron chi connectivity index (χ3n) is 5.41. The van der Waals surface area contributed by atoms with Gasteiger partial charge < -0.3 is 4.74 Å². The van der Waals surface area contributed by atoms with Gasteiger partial charge in [0.15, 0.2) is 0 Å². The van der Waals surface area contributed by atoms with E-state index in [1.165, 1.54) is 15.9 Å². The van der Waals surface area contributed by atoms with Crippen molar-refractivity contribution in [1.29, 1.82) is 0 Å². The largest absolute Gasteiger partial charge is 0.379 e. The van der Waals surface area contributed by atoms with E-state index >= 15 is 0 Å². The van der Waals surface area contributed by atoms with Crippen LogP contribution < -0.4 is 4.72 Å². The van der Waals surface area contributed by atoms with Gasteiger partial charge in [0.25, 0.3) is 10.0 Å². The number of hydrogen-bond donors (Lipinski definition) is 1. The van der Waals surface area contributed by atoms with Crippen molar-refractivity contribution in [3.8, 4) is 0 Å². The Morgan fingerprint density at radius 1 is 0.931 bits per heavy atom. The molecule has 2 aromatic carbocycles. The van der Waals surface area contributed by atoms with Crippen molar-refractivity contribution in [2.45, 2.75) is 36.0 Å². The molecule has 0 atom stereocenters. The number of anilines is 1. The Balaban J connectivity index is 1.63. The summed E-state index contributed by atoms with van der Waals surface area (Å²) in [6.45, 7) is 2.97. The molecule has 2 aromatic rings. The van der Waals surface area contributed by atoms with Crippen molar-refractivity contribution in [1.82, 2.24) is 4.31 Å². The third kappa shape index (κ3) is 4.05. The van der Waals surface area contributed by atoms with E-state index < -0.39 is 20.0 Å². The summed E-state index contributed by atoms with van der Waals surface area (Å²) in [5, 5.41) is 0. The molecule has 156 valence electrons. The molecule has 9 heteroatoms. The topological polar surface area (TPSA) is 92.8 Å². The van der Waals surface area contributed by atoms with Crippen molar-refractivity contribution in [3.63, 3.8) is 0 Å². The number of hydrogen-bond acceptors (Lipinski definition) is 5. The molecule has 4 rings (SSSR count). The lowest BCUT2D eigenvalue weighted by Gasteiger charge is -2.26. The maximum atomic E-state index is 13.0. The monoisotopic (exact) mass is 436 g/mol. The van der Waals surface area contributed by atoms with Crippen molar-refractivity contribution >= 4 is 25.7 Å². The molecular weight excluding hydrogens is 412 g/mol. The first-order valence-corrected chi connectivity index (χ1v) is 12.5. The fraction of sp³-hybridized carbons (Fsp3) is 0.400. The molecule has 0 aromatic heterocycles. The number of nitrogens with one attached hydrogen (secondary N) is 1. The van der Waals surface area contributed by atoms with Gasteiger partial charge in [0.1, 0.15) is 0 Å². The second kappa shape index (κ2) is 7.71. The highest BCUT2D eigenvalue weighted by atomic mass is 32.2. The Morgan fingerprint density at radius 3 is 2.41 bits per heavy atom. The van der Waals surface area contributed by atoms with Gasteiger partial charge in [0, 0.05) is 13.1 Å². The molecule has 1 N–H and O–H groups in total. The summed E-state index contributed by atoms with van der Waals surface area (Å²) in [5.74, 6) is 0. The Labute approximate surface area is 171 Å². The fourth-order valence-electron chi connectivity index (χ4n) is 3.80. The van der Waals surface area contributed by atoms with Crippen LogP contribution >= 0.6 is 0 Å². The summed E-state index contributed by atoms with van der Waals surface area (Å²) in [7, 11) is -7.54. The number of benzene rings is 2. The van der Waals surface area contributed by atoms with Gasteiger partial charge in [-0.1, -0.05) is 12.1 Å². The van der Waals surface area contributed by atoms with Crippen LogP contribution in [0, 0.1) is 6.92 Å². The van der Waals surface area contributed by atoms with Gasteiger partial charge in [-0.2, -0.15) is 4.31 Å². The highest BCUT2D eigenvalue weighted by Crippen LogP contribution is 2.28. The summed E-state index contributed by atoms with van der Waals surface area (Å²) in [4.78, 5) is 0.296. The molecule has 29 heavy (non-hydrogen) atoms. The molecule has 0 saturated carbocycles. The highest BCUT2D eigenvalue weighted by molar-refractivity contribution is 7.92. The lowest BCUT2D eigenvalue weighted by Crippen LogP contribution is -2.40. The average molecular weight is 437 g/mol. The van der Waals surface area contributed by atoms with Gasteiger partial charge in [-0.3, -0.25) is 4.72 Å². The normalized spacial score (nSPS) is 17.8. The van der Waals surface area contributed by atoms with Crippen LogP contribution in [-0.2, 0) is 37.6 Å². The number of aryl methyl sites for hydroxylation is 3. The first-order valence-electron chi connectivity index (χ1n) is 9.60. The fourth-order valence-corrected chi connectivity index (χ4v) is 6.56. The van der Waals surface area contributed by atoms with Crippen LogP contribution in [0.4, 0.5) is 5.69 Å². The number of rotatable bonds is 5. The first-order chi connectivity index (χ1) is 13.8. The minimum absolute atomic E-state index is 0.105. The summed E-state index contributed by atoms with van der Waals surface area (Å²) >= 11 is 0. The Bertz CT molecular complexity index is 1140. The lowest BCUT2D eigenvalue weighted by atomic mass is 10.1. The van der Waals surface area contributed by atoms with Gasteiger partial charge in [0.05, 0.1) is 28.7 Å². The number of morpholine rings is 1. The number of sulfonamides is 2. The molecular formula is C20H24N2O5S2. The smallest absolute Gasteiger partial charge is 0.261 e. The van der Waals surface area contributed by atoms with Crippen LogP contribution in [0.25, 0.3) is 0 Å². The minimum Gasteiger partial charge on any atom is -0.379 e. The molecule has 1 saturated heterocycles. The third-order valence-corrected chi connectivity index (χ3v) is 8.83. The molecule has 2 aliphatic rings. The van der Waals surface area contributed by atoms with Crippen LogP contribution in [0.2, 0.25) is 0 Å². The average Bonchev–Trinajstić information content (AvgIpc) is 3.18. The number of fused-ring (bicyclic) bond motifs is 1. The van der Waals surface area contributed by atoms with E-state index in [2.05, 4.69) is 4.72 Å². The number of nitrogens with zero attached hydrogens (tertiary/aromatic N) is 1. The van der Waals surface area contributed by atoms with Crippen LogP contribution in [-0.4, -0.2) is 47.4 Å². The van der Waals surface area contributed by atoms with Gasteiger partial charge in [0.2, 0.25) is 10.0 Å².